The van der Waals surface area contributed by atoms with Crippen LogP contribution in [0.5, 0.6) is 11.5 Å². The molecule has 0 spiro atoms. The third-order valence-electron chi connectivity index (χ3n) is 4.96. The summed E-state index contributed by atoms with van der Waals surface area (Å²) in [6.07, 6.45) is 5.32. The van der Waals surface area contributed by atoms with Crippen LogP contribution in [-0.2, 0) is 16.1 Å². The Balaban J connectivity index is 1.79. The van der Waals surface area contributed by atoms with E-state index in [2.05, 4.69) is 15.6 Å². The fourth-order valence-corrected chi connectivity index (χ4v) is 4.00. The third kappa shape index (κ3) is 5.97. The Morgan fingerprint density at radius 1 is 1.22 bits per heavy atom. The van der Waals surface area contributed by atoms with Crippen LogP contribution in [0.4, 0.5) is 5.69 Å². The van der Waals surface area contributed by atoms with Crippen molar-refractivity contribution in [1.82, 2.24) is 10.3 Å². The number of Topliss-reactive ketones (excluding diaryl/α,β-unsaturated/α-hetero) is 1. The van der Waals surface area contributed by atoms with Gasteiger partial charge in [-0.2, -0.15) is 0 Å². The minimum Gasteiger partial charge on any atom is -0.493 e. The third-order valence-corrected chi connectivity index (χ3v) is 5.57. The Kier molecular flexibility index (Phi) is 8.84. The number of carbonyl (C=O) groups excluding carboxylic acids is 1. The topological polar surface area (TPSA) is 81.7 Å². The molecular weight excluding hydrogens is 450 g/mol. The van der Waals surface area contributed by atoms with E-state index < -0.39 is 0 Å². The molecule has 3 rings (SSSR count). The Morgan fingerprint density at radius 3 is 2.84 bits per heavy atom. The molecule has 1 aromatic carbocycles. The second-order valence-electron chi connectivity index (χ2n) is 7.08. The molecule has 9 heteroatoms. The number of hydrogen-bond donors (Lipinski definition) is 2. The number of nitrogens with one attached hydrogen (secondary N) is 2. The van der Waals surface area contributed by atoms with E-state index in [4.69, 9.17) is 38.0 Å². The molecule has 0 radical (unpaired) electrons. The first-order chi connectivity index (χ1) is 15.5. The zero-order valence-electron chi connectivity index (χ0n) is 18.1. The number of methoxy groups -OCH3 is 2. The normalized spacial score (nSPS) is 13.7. The molecule has 1 heterocycles. The first-order valence-corrected chi connectivity index (χ1v) is 11.0. The van der Waals surface area contributed by atoms with Crippen molar-refractivity contribution in [3.63, 3.8) is 0 Å². The van der Waals surface area contributed by atoms with E-state index in [1.54, 1.807) is 37.7 Å². The van der Waals surface area contributed by atoms with Gasteiger partial charge in [0.1, 0.15) is 17.3 Å². The number of aromatic nitrogens is 1. The van der Waals surface area contributed by atoms with E-state index in [0.717, 1.165) is 24.1 Å². The van der Waals surface area contributed by atoms with Crippen LogP contribution in [0.2, 0.25) is 5.02 Å². The summed E-state index contributed by atoms with van der Waals surface area (Å²) in [5, 5.41) is 6.98. The number of hydrogen-bond acceptors (Lipinski definition) is 7. The lowest BCUT2D eigenvalue weighted by molar-refractivity contribution is -0.115. The maximum atomic E-state index is 12.8. The number of pyridine rings is 1. The van der Waals surface area contributed by atoms with Crippen molar-refractivity contribution < 1.29 is 19.0 Å². The number of allylic oxidation sites excluding steroid dienone is 1. The largest absolute Gasteiger partial charge is 0.493 e. The summed E-state index contributed by atoms with van der Waals surface area (Å²) in [6, 6.07) is 7.21. The second kappa shape index (κ2) is 11.8. The fraction of sp³-hybridized carbons (Fsp3) is 0.348. The van der Waals surface area contributed by atoms with Gasteiger partial charge in [0, 0.05) is 37.5 Å². The van der Waals surface area contributed by atoms with Gasteiger partial charge in [-0.05, 0) is 31.0 Å². The minimum absolute atomic E-state index is 0.00328. The van der Waals surface area contributed by atoms with Crippen LogP contribution in [0.3, 0.4) is 0 Å². The Bertz CT molecular complexity index is 1010. The predicted octanol–water partition coefficient (Wildman–Crippen LogP) is 4.31. The number of thiocarbonyl (C=S) groups is 1. The smallest absolute Gasteiger partial charge is 0.167 e. The maximum absolute atomic E-state index is 12.8. The van der Waals surface area contributed by atoms with Crippen molar-refractivity contribution in [2.45, 2.75) is 25.8 Å². The molecular formula is C23H26ClN3O4S. The highest BCUT2D eigenvalue weighted by Gasteiger charge is 2.25. The molecule has 7 nitrogen and oxygen atoms in total. The van der Waals surface area contributed by atoms with Gasteiger partial charge in [-0.1, -0.05) is 29.9 Å². The highest BCUT2D eigenvalue weighted by molar-refractivity contribution is 7.81. The quantitative estimate of drug-likeness (QED) is 0.388. The van der Waals surface area contributed by atoms with Crippen LogP contribution in [0.15, 0.2) is 47.9 Å². The van der Waals surface area contributed by atoms with Gasteiger partial charge in [0.15, 0.2) is 11.5 Å². The SMILES string of the molecule is COCCOc1cnccc1CNC1=C(C(=S)Nc2cccc(Cl)c2OC)C(=O)CCC1. The van der Waals surface area contributed by atoms with Crippen LogP contribution in [-0.4, -0.2) is 43.2 Å². The number of ether oxygens (including phenoxy) is 3. The van der Waals surface area contributed by atoms with Crippen LogP contribution >= 0.6 is 23.8 Å². The highest BCUT2D eigenvalue weighted by Crippen LogP contribution is 2.33. The molecule has 1 aromatic heterocycles. The predicted molar refractivity (Wildman–Crippen MR) is 129 cm³/mol. The van der Waals surface area contributed by atoms with Gasteiger partial charge in [0.05, 0.1) is 36.2 Å². The number of rotatable bonds is 10. The number of anilines is 1. The average Bonchev–Trinajstić information content (AvgIpc) is 2.78. The number of benzene rings is 1. The van der Waals surface area contributed by atoms with Crippen LogP contribution in [0.1, 0.15) is 24.8 Å². The molecule has 0 bridgehead atoms. The van der Waals surface area contributed by atoms with Crippen molar-refractivity contribution >= 4 is 40.3 Å². The lowest BCUT2D eigenvalue weighted by Crippen LogP contribution is -2.29. The number of halogens is 1. The molecule has 0 fully saturated rings. The highest BCUT2D eigenvalue weighted by atomic mass is 35.5. The molecule has 2 aromatic rings. The summed E-state index contributed by atoms with van der Waals surface area (Å²) in [5.74, 6) is 1.15. The van der Waals surface area contributed by atoms with E-state index in [-0.39, 0.29) is 5.78 Å². The summed E-state index contributed by atoms with van der Waals surface area (Å²) in [6.45, 7) is 1.38. The molecule has 170 valence electrons. The van der Waals surface area contributed by atoms with Gasteiger partial charge in [-0.3, -0.25) is 9.78 Å². The lowest BCUT2D eigenvalue weighted by Gasteiger charge is -2.23. The van der Waals surface area contributed by atoms with Crippen LogP contribution in [0.25, 0.3) is 0 Å². The standard InChI is InChI=1S/C23H26ClN3O4S/c1-29-11-12-31-20-14-25-10-9-15(20)13-26-17-6-4-8-19(28)21(17)23(32)27-18-7-3-5-16(24)22(18)30-2/h3,5,7,9-10,14,26H,4,6,8,11-13H2,1-2H3,(H,27,32). The molecule has 0 saturated heterocycles. The average molecular weight is 476 g/mol. The van der Waals surface area contributed by atoms with E-state index in [1.807, 2.05) is 6.07 Å². The van der Waals surface area contributed by atoms with Gasteiger partial charge in [-0.15, -0.1) is 0 Å². The van der Waals surface area contributed by atoms with Crippen molar-refractivity contribution in [2.24, 2.45) is 0 Å². The Labute approximate surface area is 198 Å². The number of nitrogens with zero attached hydrogens (tertiary/aromatic N) is 1. The van der Waals surface area contributed by atoms with Crippen molar-refractivity contribution in [3.8, 4) is 11.5 Å². The van der Waals surface area contributed by atoms with Gasteiger partial charge in [0.2, 0.25) is 0 Å². The molecule has 1 aliphatic rings. The zero-order chi connectivity index (χ0) is 22.9. The minimum atomic E-state index is 0.00328. The second-order valence-corrected chi connectivity index (χ2v) is 7.90. The summed E-state index contributed by atoms with van der Waals surface area (Å²) in [4.78, 5) is 17.2. The van der Waals surface area contributed by atoms with Gasteiger partial charge >= 0.3 is 0 Å². The van der Waals surface area contributed by atoms with E-state index >= 15 is 0 Å². The van der Waals surface area contributed by atoms with E-state index in [1.165, 1.54) is 7.11 Å². The van der Waals surface area contributed by atoms with Gasteiger partial charge in [0.25, 0.3) is 0 Å². The number of para-hydroxylation sites is 1. The van der Waals surface area contributed by atoms with Crippen molar-refractivity contribution in [2.75, 3.05) is 32.8 Å². The molecule has 2 N–H and O–H groups in total. The molecule has 0 aliphatic heterocycles. The summed E-state index contributed by atoms with van der Waals surface area (Å²) < 4.78 is 16.2. The molecule has 0 atom stereocenters. The molecule has 0 amide bonds. The zero-order valence-corrected chi connectivity index (χ0v) is 19.6. The van der Waals surface area contributed by atoms with Crippen molar-refractivity contribution in [3.05, 3.63) is 58.5 Å². The Hall–Kier alpha value is -2.68. The van der Waals surface area contributed by atoms with Crippen LogP contribution in [0, 0.1) is 0 Å². The van der Waals surface area contributed by atoms with E-state index in [0.29, 0.717) is 58.9 Å². The first-order valence-electron chi connectivity index (χ1n) is 10.2. The van der Waals surface area contributed by atoms with Crippen LogP contribution < -0.4 is 20.1 Å². The number of ketones is 1. The van der Waals surface area contributed by atoms with E-state index in [9.17, 15) is 4.79 Å². The molecule has 32 heavy (non-hydrogen) atoms. The molecule has 0 unspecified atom stereocenters. The summed E-state index contributed by atoms with van der Waals surface area (Å²) in [5.41, 5.74) is 2.83. The Morgan fingerprint density at radius 2 is 2.06 bits per heavy atom. The molecule has 1 aliphatic carbocycles. The summed E-state index contributed by atoms with van der Waals surface area (Å²) >= 11 is 11.8. The first kappa shape index (κ1) is 24.0. The molecule has 0 saturated carbocycles. The lowest BCUT2D eigenvalue weighted by atomic mass is 9.94. The fourth-order valence-electron chi connectivity index (χ4n) is 3.41. The van der Waals surface area contributed by atoms with Crippen molar-refractivity contribution in [1.29, 1.82) is 0 Å². The summed E-state index contributed by atoms with van der Waals surface area (Å²) in [7, 11) is 3.16. The van der Waals surface area contributed by atoms with Gasteiger partial charge < -0.3 is 24.8 Å². The maximum Gasteiger partial charge on any atom is 0.167 e. The number of carbonyl (C=O) groups is 1. The van der Waals surface area contributed by atoms with Gasteiger partial charge in [-0.25, -0.2) is 0 Å². The monoisotopic (exact) mass is 475 g/mol.